The minimum Gasteiger partial charge on any atom is -0.493 e. The number of piperidine rings is 1. The molecule has 2 atom stereocenters. The fourth-order valence-electron chi connectivity index (χ4n) is 5.23. The maximum Gasteiger partial charge on any atom is 0.224 e. The monoisotopic (exact) mass is 462 g/mol. The topological polar surface area (TPSA) is 88.1 Å². The standard InChI is InChI=1S/C26H34N6O2/c1-31-10-9-28-25(31)16-32-14-19(17-34-24-6-5-20-3-2-4-21(20)12-24)11-22(15-32)26(33)29-8-7-23-13-27-18-30-23/h5-6,9-10,12-13,18-19,22H,2-4,7-8,11,14-17H2,1H3,(H,27,30)(H,29,33)/t19-,22+/m0/s1. The summed E-state index contributed by atoms with van der Waals surface area (Å²) in [6.07, 6.45) is 12.4. The van der Waals surface area contributed by atoms with Crippen molar-refractivity contribution in [1.82, 2.24) is 29.7 Å². The molecule has 34 heavy (non-hydrogen) atoms. The summed E-state index contributed by atoms with van der Waals surface area (Å²) in [5, 5.41) is 3.13. The van der Waals surface area contributed by atoms with E-state index in [2.05, 4.69) is 43.4 Å². The van der Waals surface area contributed by atoms with Gasteiger partial charge in [-0.15, -0.1) is 0 Å². The second-order valence-corrected chi connectivity index (χ2v) is 9.66. The highest BCUT2D eigenvalue weighted by atomic mass is 16.5. The number of carbonyl (C=O) groups excluding carboxylic acids is 1. The molecule has 3 aromatic rings. The molecule has 3 heterocycles. The summed E-state index contributed by atoms with van der Waals surface area (Å²) in [4.78, 5) is 27.0. The lowest BCUT2D eigenvalue weighted by Gasteiger charge is -2.37. The number of hydrogen-bond acceptors (Lipinski definition) is 5. The molecule has 0 bridgehead atoms. The van der Waals surface area contributed by atoms with Crippen molar-refractivity contribution in [3.05, 3.63) is 65.8 Å². The molecular formula is C26H34N6O2. The quantitative estimate of drug-likeness (QED) is 0.510. The van der Waals surface area contributed by atoms with Crippen LogP contribution in [0.4, 0.5) is 0 Å². The number of nitrogens with zero attached hydrogens (tertiary/aromatic N) is 4. The molecule has 2 aliphatic rings. The number of imidazole rings is 2. The molecule has 1 fully saturated rings. The minimum absolute atomic E-state index is 0.0654. The Morgan fingerprint density at radius 3 is 3.00 bits per heavy atom. The number of ether oxygens (including phenoxy) is 1. The Kier molecular flexibility index (Phi) is 6.94. The van der Waals surface area contributed by atoms with Crippen LogP contribution in [0, 0.1) is 11.8 Å². The molecule has 8 nitrogen and oxygen atoms in total. The zero-order valence-corrected chi connectivity index (χ0v) is 19.9. The van der Waals surface area contributed by atoms with Crippen molar-refractivity contribution >= 4 is 5.91 Å². The third kappa shape index (κ3) is 5.50. The summed E-state index contributed by atoms with van der Waals surface area (Å²) >= 11 is 0. The van der Waals surface area contributed by atoms with Gasteiger partial charge in [-0.2, -0.15) is 0 Å². The molecule has 2 aromatic heterocycles. The van der Waals surface area contributed by atoms with Gasteiger partial charge in [0.2, 0.25) is 5.91 Å². The Labute approximate surface area is 200 Å². The van der Waals surface area contributed by atoms with Crippen LogP contribution in [0.5, 0.6) is 5.75 Å². The van der Waals surface area contributed by atoms with Gasteiger partial charge in [-0.25, -0.2) is 9.97 Å². The predicted molar refractivity (Wildman–Crippen MR) is 129 cm³/mol. The second-order valence-electron chi connectivity index (χ2n) is 9.66. The van der Waals surface area contributed by atoms with E-state index in [1.54, 1.807) is 12.5 Å². The molecule has 0 unspecified atom stereocenters. The van der Waals surface area contributed by atoms with Crippen molar-refractivity contribution < 1.29 is 9.53 Å². The Bertz CT molecular complexity index is 1090. The fraction of sp³-hybridized carbons (Fsp3) is 0.500. The van der Waals surface area contributed by atoms with Gasteiger partial charge < -0.3 is 19.6 Å². The van der Waals surface area contributed by atoms with Crippen molar-refractivity contribution in [2.45, 2.75) is 38.6 Å². The Morgan fingerprint density at radius 1 is 1.26 bits per heavy atom. The van der Waals surface area contributed by atoms with Crippen LogP contribution in [0.15, 0.2) is 43.1 Å². The third-order valence-electron chi connectivity index (χ3n) is 7.07. The van der Waals surface area contributed by atoms with Crippen LogP contribution in [0.2, 0.25) is 0 Å². The number of H-pyrrole nitrogens is 1. The number of benzene rings is 1. The number of rotatable bonds is 9. The number of aromatic nitrogens is 4. The van der Waals surface area contributed by atoms with E-state index in [4.69, 9.17) is 4.74 Å². The van der Waals surface area contributed by atoms with Crippen LogP contribution in [0.1, 0.15) is 35.5 Å². The molecule has 0 radical (unpaired) electrons. The molecule has 1 aliphatic carbocycles. The first kappa shape index (κ1) is 22.7. The Hall–Kier alpha value is -3.13. The van der Waals surface area contributed by atoms with Crippen LogP contribution in [0.3, 0.4) is 0 Å². The van der Waals surface area contributed by atoms with E-state index in [0.717, 1.165) is 56.2 Å². The van der Waals surface area contributed by atoms with E-state index in [1.807, 2.05) is 24.0 Å². The average molecular weight is 463 g/mol. The fourth-order valence-corrected chi connectivity index (χ4v) is 5.23. The third-order valence-corrected chi connectivity index (χ3v) is 7.07. The molecule has 8 heteroatoms. The summed E-state index contributed by atoms with van der Waals surface area (Å²) < 4.78 is 8.29. The summed E-state index contributed by atoms with van der Waals surface area (Å²) in [7, 11) is 2.01. The van der Waals surface area contributed by atoms with Gasteiger partial charge in [0.25, 0.3) is 0 Å². The van der Waals surface area contributed by atoms with Crippen LogP contribution < -0.4 is 10.1 Å². The normalized spacial score (nSPS) is 20.3. The Morgan fingerprint density at radius 2 is 2.18 bits per heavy atom. The van der Waals surface area contributed by atoms with Crippen molar-refractivity contribution in [1.29, 1.82) is 0 Å². The Balaban J connectivity index is 1.21. The first-order valence-electron chi connectivity index (χ1n) is 12.3. The van der Waals surface area contributed by atoms with Gasteiger partial charge in [-0.3, -0.25) is 9.69 Å². The lowest BCUT2D eigenvalue weighted by atomic mass is 9.88. The number of fused-ring (bicyclic) bond motifs is 1. The first-order valence-corrected chi connectivity index (χ1v) is 12.3. The number of carbonyl (C=O) groups is 1. The average Bonchev–Trinajstić information content (AvgIpc) is 3.60. The highest BCUT2D eigenvalue weighted by Gasteiger charge is 2.32. The first-order chi connectivity index (χ1) is 16.6. The van der Waals surface area contributed by atoms with Crippen molar-refractivity contribution in [3.8, 4) is 5.75 Å². The zero-order valence-electron chi connectivity index (χ0n) is 19.9. The molecule has 0 spiro atoms. The minimum atomic E-state index is -0.0654. The van der Waals surface area contributed by atoms with E-state index in [9.17, 15) is 4.79 Å². The SMILES string of the molecule is Cn1ccnc1CN1C[C@@H](COc2ccc3c(c2)CCC3)C[C@@H](C(=O)NCCc2cnc[nH]2)C1. The smallest absolute Gasteiger partial charge is 0.224 e. The largest absolute Gasteiger partial charge is 0.493 e. The molecule has 180 valence electrons. The summed E-state index contributed by atoms with van der Waals surface area (Å²) in [6.45, 7) is 3.59. The van der Waals surface area contributed by atoms with Gasteiger partial charge in [0.1, 0.15) is 11.6 Å². The van der Waals surface area contributed by atoms with Crippen molar-refractivity contribution in [2.75, 3.05) is 26.2 Å². The van der Waals surface area contributed by atoms with E-state index in [0.29, 0.717) is 13.2 Å². The maximum atomic E-state index is 13.1. The van der Waals surface area contributed by atoms with Crippen LogP contribution >= 0.6 is 0 Å². The van der Waals surface area contributed by atoms with Gasteiger partial charge >= 0.3 is 0 Å². The van der Waals surface area contributed by atoms with E-state index >= 15 is 0 Å². The number of nitrogens with one attached hydrogen (secondary N) is 2. The van der Waals surface area contributed by atoms with Gasteiger partial charge in [0.05, 0.1) is 25.4 Å². The molecule has 5 rings (SSSR count). The highest BCUT2D eigenvalue weighted by Crippen LogP contribution is 2.28. The number of aromatic amines is 1. The van der Waals surface area contributed by atoms with E-state index < -0.39 is 0 Å². The maximum absolute atomic E-state index is 13.1. The number of hydrogen-bond donors (Lipinski definition) is 2. The zero-order chi connectivity index (χ0) is 23.3. The van der Waals surface area contributed by atoms with E-state index in [1.165, 1.54) is 24.0 Å². The van der Waals surface area contributed by atoms with Gasteiger partial charge in [0, 0.05) is 63.3 Å². The highest BCUT2D eigenvalue weighted by molar-refractivity contribution is 5.79. The van der Waals surface area contributed by atoms with Crippen LogP contribution in [-0.2, 0) is 37.6 Å². The molecule has 1 aliphatic heterocycles. The lowest BCUT2D eigenvalue weighted by molar-refractivity contribution is -0.127. The predicted octanol–water partition coefficient (Wildman–Crippen LogP) is 2.51. The number of likely N-dealkylation sites (tertiary alicyclic amines) is 1. The van der Waals surface area contributed by atoms with Crippen LogP contribution in [0.25, 0.3) is 0 Å². The molecule has 2 N–H and O–H groups in total. The number of amides is 1. The van der Waals surface area contributed by atoms with E-state index in [-0.39, 0.29) is 17.7 Å². The molecule has 1 saturated heterocycles. The molecule has 1 amide bonds. The summed E-state index contributed by atoms with van der Waals surface area (Å²) in [5.74, 6) is 2.29. The van der Waals surface area contributed by atoms with Gasteiger partial charge in [-0.05, 0) is 48.9 Å². The van der Waals surface area contributed by atoms with Gasteiger partial charge in [-0.1, -0.05) is 6.07 Å². The molecule has 0 saturated carbocycles. The number of aryl methyl sites for hydroxylation is 3. The van der Waals surface area contributed by atoms with Gasteiger partial charge in [0.15, 0.2) is 0 Å². The van der Waals surface area contributed by atoms with Crippen LogP contribution in [-0.4, -0.2) is 56.6 Å². The molecule has 1 aromatic carbocycles. The lowest BCUT2D eigenvalue weighted by Crippen LogP contribution is -2.47. The van der Waals surface area contributed by atoms with Crippen molar-refractivity contribution in [2.24, 2.45) is 18.9 Å². The molecular weight excluding hydrogens is 428 g/mol. The summed E-state index contributed by atoms with van der Waals surface area (Å²) in [6, 6.07) is 6.51. The summed E-state index contributed by atoms with van der Waals surface area (Å²) in [5.41, 5.74) is 3.91. The van der Waals surface area contributed by atoms with Crippen molar-refractivity contribution in [3.63, 3.8) is 0 Å². The second kappa shape index (κ2) is 10.4.